The van der Waals surface area contributed by atoms with Crippen molar-refractivity contribution in [3.63, 3.8) is 0 Å². The quantitative estimate of drug-likeness (QED) is 0.147. The van der Waals surface area contributed by atoms with Gasteiger partial charge in [0.2, 0.25) is 0 Å². The van der Waals surface area contributed by atoms with Gasteiger partial charge >= 0.3 is 0 Å². The van der Waals surface area contributed by atoms with Crippen LogP contribution in [0, 0.1) is 0 Å². The molecule has 0 spiro atoms. The zero-order valence-electron chi connectivity index (χ0n) is 32.5. The summed E-state index contributed by atoms with van der Waals surface area (Å²) in [6.07, 6.45) is 0. The molecule has 0 aliphatic heterocycles. The summed E-state index contributed by atoms with van der Waals surface area (Å²) in [5.41, 5.74) is 13.1. The summed E-state index contributed by atoms with van der Waals surface area (Å²) < 4.78 is 0. The van der Waals surface area contributed by atoms with Crippen LogP contribution in [0.5, 0.6) is 0 Å². The third-order valence-electron chi connectivity index (χ3n) is 11.8. The van der Waals surface area contributed by atoms with Gasteiger partial charge in [0.15, 0.2) is 0 Å². The van der Waals surface area contributed by atoms with Crippen molar-refractivity contribution in [3.8, 4) is 44.5 Å². The maximum absolute atomic E-state index is 2.43. The van der Waals surface area contributed by atoms with Crippen LogP contribution in [0.1, 0.15) is 0 Å². The van der Waals surface area contributed by atoms with Crippen LogP contribution in [0.15, 0.2) is 237 Å². The Morgan fingerprint density at radius 2 is 0.559 bits per heavy atom. The summed E-state index contributed by atoms with van der Waals surface area (Å²) in [5.74, 6) is 0. The molecule has 59 heavy (non-hydrogen) atoms. The summed E-state index contributed by atoms with van der Waals surface area (Å²) in [5, 5.41) is 9.78. The Morgan fingerprint density at radius 3 is 1.07 bits per heavy atom. The number of hydrogen-bond acceptors (Lipinski definition) is 1. The van der Waals surface area contributed by atoms with Crippen molar-refractivity contribution >= 4 is 60.2 Å². The molecule has 0 aromatic heterocycles. The van der Waals surface area contributed by atoms with E-state index >= 15 is 0 Å². The monoisotopic (exact) mass is 749 g/mol. The van der Waals surface area contributed by atoms with Crippen molar-refractivity contribution in [1.29, 1.82) is 0 Å². The number of benzene rings is 11. The highest BCUT2D eigenvalue weighted by molar-refractivity contribution is 6.22. The van der Waals surface area contributed by atoms with Crippen LogP contribution in [0.3, 0.4) is 0 Å². The Kier molecular flexibility index (Phi) is 8.56. The van der Waals surface area contributed by atoms with E-state index in [9.17, 15) is 0 Å². The van der Waals surface area contributed by atoms with Gasteiger partial charge in [0.05, 0.1) is 0 Å². The fourth-order valence-corrected chi connectivity index (χ4v) is 8.94. The largest absolute Gasteiger partial charge is 0.310 e. The highest BCUT2D eigenvalue weighted by atomic mass is 15.1. The van der Waals surface area contributed by atoms with Gasteiger partial charge < -0.3 is 4.90 Å². The van der Waals surface area contributed by atoms with E-state index in [4.69, 9.17) is 0 Å². The predicted molar refractivity (Wildman–Crippen MR) is 253 cm³/mol. The predicted octanol–water partition coefficient (Wildman–Crippen LogP) is 16.4. The molecular weight excluding hydrogens is 711 g/mol. The molecule has 0 amide bonds. The molecule has 0 unspecified atom stereocenters. The first kappa shape index (κ1) is 34.5. The van der Waals surface area contributed by atoms with E-state index in [1.54, 1.807) is 0 Å². The Morgan fingerprint density at radius 1 is 0.203 bits per heavy atom. The van der Waals surface area contributed by atoms with Crippen molar-refractivity contribution in [2.45, 2.75) is 0 Å². The van der Waals surface area contributed by atoms with Gasteiger partial charge in [-0.05, 0) is 136 Å². The number of rotatable bonds is 7. The van der Waals surface area contributed by atoms with Gasteiger partial charge in [-0.1, -0.05) is 188 Å². The maximum atomic E-state index is 2.43. The fourth-order valence-electron chi connectivity index (χ4n) is 8.94. The summed E-state index contributed by atoms with van der Waals surface area (Å²) >= 11 is 0. The average Bonchev–Trinajstić information content (AvgIpc) is 3.32. The summed E-state index contributed by atoms with van der Waals surface area (Å²) in [6, 6.07) is 86.4. The highest BCUT2D eigenvalue weighted by Gasteiger charge is 2.21. The van der Waals surface area contributed by atoms with Crippen molar-refractivity contribution in [2.24, 2.45) is 0 Å². The molecule has 276 valence electrons. The third-order valence-corrected chi connectivity index (χ3v) is 11.8. The Hall–Kier alpha value is -7.74. The summed E-state index contributed by atoms with van der Waals surface area (Å²) in [6.45, 7) is 0. The molecule has 0 atom stereocenters. The number of nitrogens with zero attached hydrogens (tertiary/aromatic N) is 1. The lowest BCUT2D eigenvalue weighted by Gasteiger charge is -2.27. The zero-order chi connectivity index (χ0) is 39.1. The lowest BCUT2D eigenvalue weighted by Crippen LogP contribution is -2.10. The van der Waals surface area contributed by atoms with Gasteiger partial charge in [-0.3, -0.25) is 0 Å². The molecule has 0 saturated heterocycles. The average molecular weight is 750 g/mol. The topological polar surface area (TPSA) is 3.24 Å². The summed E-state index contributed by atoms with van der Waals surface area (Å²) in [7, 11) is 0. The Balaban J connectivity index is 1.15. The normalized spacial score (nSPS) is 11.4. The van der Waals surface area contributed by atoms with Crippen LogP contribution >= 0.6 is 0 Å². The van der Waals surface area contributed by atoms with Crippen LogP contribution in [-0.2, 0) is 0 Å². The first-order chi connectivity index (χ1) is 29.2. The van der Waals surface area contributed by atoms with E-state index in [1.165, 1.54) is 87.6 Å². The molecule has 0 fully saturated rings. The molecule has 0 aliphatic rings. The maximum Gasteiger partial charge on any atom is 0.0468 e. The molecule has 0 bridgehead atoms. The molecule has 0 N–H and O–H groups in total. The second-order valence-corrected chi connectivity index (χ2v) is 15.3. The number of hydrogen-bond donors (Lipinski definition) is 0. The van der Waals surface area contributed by atoms with E-state index < -0.39 is 0 Å². The first-order valence-electron chi connectivity index (χ1n) is 20.3. The van der Waals surface area contributed by atoms with Crippen LogP contribution < -0.4 is 4.90 Å². The van der Waals surface area contributed by atoms with Crippen LogP contribution in [0.2, 0.25) is 0 Å². The minimum atomic E-state index is 1.10. The summed E-state index contributed by atoms with van der Waals surface area (Å²) in [4.78, 5) is 2.43. The highest BCUT2D eigenvalue weighted by Crippen LogP contribution is 2.47. The Bertz CT molecular complexity index is 3180. The molecule has 11 aromatic rings. The van der Waals surface area contributed by atoms with Crippen LogP contribution in [-0.4, -0.2) is 0 Å². The molecule has 0 saturated carbocycles. The van der Waals surface area contributed by atoms with Gasteiger partial charge in [-0.2, -0.15) is 0 Å². The Labute approximate surface area is 344 Å². The third kappa shape index (κ3) is 6.30. The van der Waals surface area contributed by atoms with E-state index in [1.807, 2.05) is 0 Å². The zero-order valence-corrected chi connectivity index (χ0v) is 32.5. The SMILES string of the molecule is c1ccc(-c2ccc3cc(N(c4ccc5cc(-c6ccccc6)ccc5c4)c4ccc5c(c4)c(-c4ccccc4)c(-c4ccccc4)c4ccccc45)ccc3c2)cc1. The fraction of sp³-hybridized carbons (Fsp3) is 0. The molecule has 0 radical (unpaired) electrons. The van der Waals surface area contributed by atoms with Crippen molar-refractivity contribution in [3.05, 3.63) is 237 Å². The van der Waals surface area contributed by atoms with Crippen LogP contribution in [0.4, 0.5) is 17.1 Å². The lowest BCUT2D eigenvalue weighted by molar-refractivity contribution is 1.30. The van der Waals surface area contributed by atoms with E-state index in [0.29, 0.717) is 0 Å². The second kappa shape index (κ2) is 14.6. The van der Waals surface area contributed by atoms with Gasteiger partial charge in [0.1, 0.15) is 0 Å². The van der Waals surface area contributed by atoms with Crippen molar-refractivity contribution < 1.29 is 0 Å². The molecule has 0 aliphatic carbocycles. The molecular formula is C58H39N. The number of fused-ring (bicyclic) bond motifs is 5. The van der Waals surface area contributed by atoms with Crippen LogP contribution in [0.25, 0.3) is 87.6 Å². The molecule has 1 nitrogen and oxygen atoms in total. The van der Waals surface area contributed by atoms with E-state index in [0.717, 1.165) is 17.1 Å². The minimum Gasteiger partial charge on any atom is -0.310 e. The van der Waals surface area contributed by atoms with E-state index in [-0.39, 0.29) is 0 Å². The molecule has 11 rings (SSSR count). The smallest absolute Gasteiger partial charge is 0.0468 e. The number of anilines is 3. The van der Waals surface area contributed by atoms with Gasteiger partial charge in [-0.25, -0.2) is 0 Å². The van der Waals surface area contributed by atoms with E-state index in [2.05, 4.69) is 241 Å². The second-order valence-electron chi connectivity index (χ2n) is 15.3. The molecule has 0 heterocycles. The van der Waals surface area contributed by atoms with Crippen molar-refractivity contribution in [2.75, 3.05) is 4.90 Å². The first-order valence-corrected chi connectivity index (χ1v) is 20.3. The molecule has 1 heteroatoms. The minimum absolute atomic E-state index is 1.10. The van der Waals surface area contributed by atoms with Gasteiger partial charge in [0.25, 0.3) is 0 Å². The standard InChI is InChI=1S/C58H39N/c1-5-15-40(16-6-1)44-25-27-48-37-50(31-29-46(48)35-44)59(51-32-30-47-36-45(26-28-49(47)38-51)41-17-7-2-8-18-41)52-33-34-54-53-23-13-14-24-55(53)57(42-19-9-3-10-20-42)58(56(54)39-52)43-21-11-4-12-22-43/h1-39H. The lowest BCUT2D eigenvalue weighted by atomic mass is 9.85. The van der Waals surface area contributed by atoms with Gasteiger partial charge in [0, 0.05) is 17.1 Å². The van der Waals surface area contributed by atoms with Gasteiger partial charge in [-0.15, -0.1) is 0 Å². The molecule has 11 aromatic carbocycles. The van der Waals surface area contributed by atoms with Crippen molar-refractivity contribution in [1.82, 2.24) is 0 Å².